The molecule has 0 aliphatic heterocycles. The highest BCUT2D eigenvalue weighted by atomic mass is 16.5. The highest BCUT2D eigenvalue weighted by Gasteiger charge is 2.15. The maximum absolute atomic E-state index is 12.1. The minimum absolute atomic E-state index is 0.143. The topological polar surface area (TPSA) is 79.5 Å². The summed E-state index contributed by atoms with van der Waals surface area (Å²) in [6.45, 7) is 6.77. The van der Waals surface area contributed by atoms with Crippen molar-refractivity contribution in [3.8, 4) is 0 Å². The molecule has 0 aliphatic rings. The Morgan fingerprint density at radius 2 is 1.52 bits per heavy atom. The molecular weight excluding hydrogens is 342 g/mol. The van der Waals surface area contributed by atoms with Crippen LogP contribution in [0.15, 0.2) is 48.5 Å². The molecule has 3 amide bonds. The van der Waals surface area contributed by atoms with Gasteiger partial charge in [0.05, 0.1) is 6.61 Å². The molecule has 0 aromatic heterocycles. The first kappa shape index (κ1) is 20.5. The van der Waals surface area contributed by atoms with Crippen LogP contribution in [-0.2, 0) is 17.9 Å². The molecule has 0 aliphatic carbocycles. The lowest BCUT2D eigenvalue weighted by Crippen LogP contribution is -2.40. The molecule has 0 heterocycles. The highest BCUT2D eigenvalue weighted by molar-refractivity contribution is 5.95. The molecule has 3 N–H and O–H groups in total. The summed E-state index contributed by atoms with van der Waals surface area (Å²) in [4.78, 5) is 24.1. The van der Waals surface area contributed by atoms with Crippen molar-refractivity contribution in [1.29, 1.82) is 0 Å². The third-order valence-electron chi connectivity index (χ3n) is 3.68. The zero-order valence-electron chi connectivity index (χ0n) is 16.3. The van der Waals surface area contributed by atoms with Crippen molar-refractivity contribution in [2.24, 2.45) is 0 Å². The Hall–Kier alpha value is -2.86. The molecule has 2 aromatic carbocycles. The SMILES string of the molecule is COCc1ccc(CNC(=O)Nc2ccc(C(=O)NC(C)(C)C)cc2)cc1. The van der Waals surface area contributed by atoms with Crippen LogP contribution >= 0.6 is 0 Å². The number of ether oxygens (including phenoxy) is 1. The van der Waals surface area contributed by atoms with E-state index >= 15 is 0 Å². The molecular formula is C21H27N3O3. The van der Waals surface area contributed by atoms with Crippen molar-refractivity contribution in [2.75, 3.05) is 12.4 Å². The van der Waals surface area contributed by atoms with Gasteiger partial charge in [0.1, 0.15) is 0 Å². The van der Waals surface area contributed by atoms with E-state index in [0.717, 1.165) is 11.1 Å². The Kier molecular flexibility index (Phi) is 6.96. The van der Waals surface area contributed by atoms with Crippen LogP contribution in [0, 0.1) is 0 Å². The van der Waals surface area contributed by atoms with Gasteiger partial charge in [-0.1, -0.05) is 24.3 Å². The average molecular weight is 369 g/mol. The lowest BCUT2D eigenvalue weighted by Gasteiger charge is -2.20. The lowest BCUT2D eigenvalue weighted by atomic mass is 10.1. The number of methoxy groups -OCH3 is 1. The van der Waals surface area contributed by atoms with Crippen LogP contribution in [0.5, 0.6) is 0 Å². The zero-order chi connectivity index (χ0) is 19.9. The van der Waals surface area contributed by atoms with E-state index in [4.69, 9.17) is 4.74 Å². The third kappa shape index (κ3) is 7.11. The molecule has 0 bridgehead atoms. The number of carbonyl (C=O) groups excluding carboxylic acids is 2. The van der Waals surface area contributed by atoms with E-state index < -0.39 is 0 Å². The van der Waals surface area contributed by atoms with Gasteiger partial charge >= 0.3 is 6.03 Å². The van der Waals surface area contributed by atoms with E-state index in [1.807, 2.05) is 45.0 Å². The van der Waals surface area contributed by atoms with E-state index in [-0.39, 0.29) is 17.5 Å². The summed E-state index contributed by atoms with van der Waals surface area (Å²) in [7, 11) is 1.66. The van der Waals surface area contributed by atoms with Gasteiger partial charge in [0.2, 0.25) is 0 Å². The summed E-state index contributed by atoms with van der Waals surface area (Å²) in [5.41, 5.74) is 2.96. The molecule has 0 spiro atoms. The Labute approximate surface area is 160 Å². The van der Waals surface area contributed by atoms with Crippen LogP contribution in [-0.4, -0.2) is 24.6 Å². The third-order valence-corrected chi connectivity index (χ3v) is 3.68. The predicted molar refractivity (Wildman–Crippen MR) is 107 cm³/mol. The van der Waals surface area contributed by atoms with Crippen LogP contribution in [0.1, 0.15) is 42.3 Å². The number of rotatable bonds is 6. The molecule has 0 atom stereocenters. The molecule has 2 aromatic rings. The number of anilines is 1. The molecule has 27 heavy (non-hydrogen) atoms. The minimum Gasteiger partial charge on any atom is -0.380 e. The number of benzene rings is 2. The van der Waals surface area contributed by atoms with Gasteiger partial charge in [0.15, 0.2) is 0 Å². The minimum atomic E-state index is -0.303. The smallest absolute Gasteiger partial charge is 0.319 e. The first-order valence-corrected chi connectivity index (χ1v) is 8.81. The quantitative estimate of drug-likeness (QED) is 0.727. The molecule has 0 saturated heterocycles. The number of carbonyl (C=O) groups is 2. The normalized spacial score (nSPS) is 11.0. The van der Waals surface area contributed by atoms with E-state index in [1.54, 1.807) is 31.4 Å². The van der Waals surface area contributed by atoms with E-state index in [1.165, 1.54) is 0 Å². The fourth-order valence-electron chi connectivity index (χ4n) is 2.40. The number of amides is 3. The van der Waals surface area contributed by atoms with Gasteiger partial charge in [-0.15, -0.1) is 0 Å². The number of hydrogen-bond acceptors (Lipinski definition) is 3. The number of urea groups is 1. The van der Waals surface area contributed by atoms with Crippen molar-refractivity contribution in [3.63, 3.8) is 0 Å². The van der Waals surface area contributed by atoms with Gasteiger partial charge in [-0.3, -0.25) is 4.79 Å². The van der Waals surface area contributed by atoms with E-state index in [9.17, 15) is 9.59 Å². The predicted octanol–water partition coefficient (Wildman–Crippen LogP) is 3.68. The monoisotopic (exact) mass is 369 g/mol. The maximum atomic E-state index is 12.1. The van der Waals surface area contributed by atoms with Crippen molar-refractivity contribution < 1.29 is 14.3 Å². The average Bonchev–Trinajstić information content (AvgIpc) is 2.60. The van der Waals surface area contributed by atoms with Crippen LogP contribution in [0.2, 0.25) is 0 Å². The summed E-state index contributed by atoms with van der Waals surface area (Å²) < 4.78 is 5.07. The molecule has 2 rings (SSSR count). The standard InChI is InChI=1S/C21H27N3O3/c1-21(2,3)24-19(25)17-9-11-18(12-10-17)23-20(26)22-13-15-5-7-16(8-6-15)14-27-4/h5-12H,13-14H2,1-4H3,(H,24,25)(H2,22,23,26). The number of nitrogens with one attached hydrogen (secondary N) is 3. The van der Waals surface area contributed by atoms with Crippen LogP contribution in [0.25, 0.3) is 0 Å². The Bertz CT molecular complexity index is 763. The second-order valence-corrected chi connectivity index (χ2v) is 7.34. The second-order valence-electron chi connectivity index (χ2n) is 7.34. The van der Waals surface area contributed by atoms with Crippen molar-refractivity contribution in [3.05, 3.63) is 65.2 Å². The largest absolute Gasteiger partial charge is 0.380 e. The molecule has 0 radical (unpaired) electrons. The summed E-state index contributed by atoms with van der Waals surface area (Å²) in [6.07, 6.45) is 0. The van der Waals surface area contributed by atoms with E-state index in [2.05, 4.69) is 16.0 Å². The van der Waals surface area contributed by atoms with Gasteiger partial charge in [-0.25, -0.2) is 4.79 Å². The van der Waals surface area contributed by atoms with E-state index in [0.29, 0.717) is 24.4 Å². The Balaban J connectivity index is 1.84. The zero-order valence-corrected chi connectivity index (χ0v) is 16.3. The first-order valence-electron chi connectivity index (χ1n) is 8.81. The van der Waals surface area contributed by atoms with Crippen molar-refractivity contribution in [2.45, 2.75) is 39.5 Å². The Morgan fingerprint density at radius 3 is 2.07 bits per heavy atom. The summed E-state index contributed by atoms with van der Waals surface area (Å²) in [5.74, 6) is -0.143. The van der Waals surface area contributed by atoms with Gasteiger partial charge in [0.25, 0.3) is 5.91 Å². The highest BCUT2D eigenvalue weighted by Crippen LogP contribution is 2.11. The summed E-state index contributed by atoms with van der Waals surface area (Å²) >= 11 is 0. The molecule has 0 saturated carbocycles. The lowest BCUT2D eigenvalue weighted by molar-refractivity contribution is 0.0919. The summed E-state index contributed by atoms with van der Waals surface area (Å²) in [5, 5.41) is 8.46. The maximum Gasteiger partial charge on any atom is 0.319 e. The summed E-state index contributed by atoms with van der Waals surface area (Å²) in [6, 6.07) is 14.3. The fraction of sp³-hybridized carbons (Fsp3) is 0.333. The van der Waals surface area contributed by atoms with Gasteiger partial charge in [-0.05, 0) is 56.2 Å². The fourth-order valence-corrected chi connectivity index (χ4v) is 2.40. The molecule has 6 heteroatoms. The molecule has 6 nitrogen and oxygen atoms in total. The van der Waals surface area contributed by atoms with Crippen LogP contribution in [0.3, 0.4) is 0 Å². The first-order chi connectivity index (χ1) is 12.8. The second kappa shape index (κ2) is 9.19. The number of hydrogen-bond donors (Lipinski definition) is 3. The molecule has 0 unspecified atom stereocenters. The Morgan fingerprint density at radius 1 is 0.926 bits per heavy atom. The van der Waals surface area contributed by atoms with Crippen molar-refractivity contribution in [1.82, 2.24) is 10.6 Å². The van der Waals surface area contributed by atoms with Gasteiger partial charge in [-0.2, -0.15) is 0 Å². The van der Waals surface area contributed by atoms with Gasteiger partial charge in [0, 0.05) is 30.4 Å². The van der Waals surface area contributed by atoms with Crippen molar-refractivity contribution >= 4 is 17.6 Å². The van der Waals surface area contributed by atoms with Gasteiger partial charge < -0.3 is 20.7 Å². The van der Waals surface area contributed by atoms with Crippen LogP contribution in [0.4, 0.5) is 10.5 Å². The molecule has 0 fully saturated rings. The molecule has 144 valence electrons. The van der Waals surface area contributed by atoms with Crippen LogP contribution < -0.4 is 16.0 Å².